The number of nitrogens with zero attached hydrogens (tertiary/aromatic N) is 2. The lowest BCUT2D eigenvalue weighted by Gasteiger charge is -2.13. The smallest absolute Gasteiger partial charge is 0.339 e. The van der Waals surface area contributed by atoms with Crippen molar-refractivity contribution in [2.24, 2.45) is 0 Å². The van der Waals surface area contributed by atoms with Gasteiger partial charge in [0.1, 0.15) is 17.3 Å². The number of aromatic nitrogens is 2. The topological polar surface area (TPSA) is 54.9 Å². The number of aldehydes is 1. The summed E-state index contributed by atoms with van der Waals surface area (Å²) in [7, 11) is 0. The Morgan fingerprint density at radius 3 is 2.62 bits per heavy atom. The minimum Gasteiger partial charge on any atom is -0.339 e. The normalized spacial score (nSPS) is 11.3. The molecule has 0 atom stereocenters. The zero-order valence-electron chi connectivity index (χ0n) is 10.1. The van der Waals surface area contributed by atoms with E-state index in [4.69, 9.17) is 11.6 Å². The van der Waals surface area contributed by atoms with Crippen LogP contribution in [0.4, 0.5) is 24.7 Å². The van der Waals surface area contributed by atoms with Gasteiger partial charge in [-0.15, -0.1) is 0 Å². The molecule has 21 heavy (non-hydrogen) atoms. The van der Waals surface area contributed by atoms with E-state index in [9.17, 15) is 18.0 Å². The maximum atomic E-state index is 12.8. The maximum absolute atomic E-state index is 12.8. The molecule has 0 amide bonds. The van der Waals surface area contributed by atoms with E-state index in [-0.39, 0.29) is 26.7 Å². The maximum Gasteiger partial charge on any atom is 0.417 e. The fraction of sp³-hybridized carbons (Fsp3) is 0.0833. The minimum absolute atomic E-state index is 0.0282. The molecule has 4 nitrogen and oxygen atoms in total. The molecule has 110 valence electrons. The van der Waals surface area contributed by atoms with Crippen molar-refractivity contribution in [3.8, 4) is 0 Å². The number of carbonyl (C=O) groups excluding carboxylic acids is 1. The first-order valence-electron chi connectivity index (χ1n) is 5.42. The average molecular weight is 381 g/mol. The first kappa shape index (κ1) is 15.7. The summed E-state index contributed by atoms with van der Waals surface area (Å²) in [6.45, 7) is 0. The second kappa shape index (κ2) is 5.98. The average Bonchev–Trinajstić information content (AvgIpc) is 2.40. The van der Waals surface area contributed by atoms with Gasteiger partial charge < -0.3 is 5.32 Å². The molecule has 0 aliphatic heterocycles. The number of hydrogen-bond donors (Lipinski definition) is 1. The summed E-state index contributed by atoms with van der Waals surface area (Å²) in [4.78, 5) is 18.3. The molecule has 0 bridgehead atoms. The van der Waals surface area contributed by atoms with Gasteiger partial charge in [0.2, 0.25) is 0 Å². The van der Waals surface area contributed by atoms with Gasteiger partial charge >= 0.3 is 6.18 Å². The Hall–Kier alpha value is -1.67. The standard InChI is InChI=1S/C12H6BrClF3N3O/c13-9-2-1-6(3-8(9)12(15,16)17)20-11-7(4-21)10(14)18-5-19-11/h1-5H,(H,18,19,20). The van der Waals surface area contributed by atoms with E-state index in [0.717, 1.165) is 12.4 Å². The van der Waals surface area contributed by atoms with Crippen molar-refractivity contribution in [2.75, 3.05) is 5.32 Å². The summed E-state index contributed by atoms with van der Waals surface area (Å²) in [6, 6.07) is 3.55. The molecule has 0 aliphatic carbocycles. The van der Waals surface area contributed by atoms with Crippen molar-refractivity contribution in [1.29, 1.82) is 0 Å². The largest absolute Gasteiger partial charge is 0.417 e. The lowest BCUT2D eigenvalue weighted by atomic mass is 10.2. The van der Waals surface area contributed by atoms with Crippen LogP contribution in [0.15, 0.2) is 29.0 Å². The van der Waals surface area contributed by atoms with Crippen LogP contribution >= 0.6 is 27.5 Å². The lowest BCUT2D eigenvalue weighted by Crippen LogP contribution is -2.07. The molecule has 0 aliphatic rings. The highest BCUT2D eigenvalue weighted by Crippen LogP contribution is 2.37. The van der Waals surface area contributed by atoms with Crippen LogP contribution in [0.1, 0.15) is 15.9 Å². The van der Waals surface area contributed by atoms with Crippen molar-refractivity contribution < 1.29 is 18.0 Å². The monoisotopic (exact) mass is 379 g/mol. The number of anilines is 2. The summed E-state index contributed by atoms with van der Waals surface area (Å²) in [6.07, 6.45) is -2.98. The Morgan fingerprint density at radius 2 is 2.00 bits per heavy atom. The van der Waals surface area contributed by atoms with Gasteiger partial charge in [-0.3, -0.25) is 4.79 Å². The summed E-state index contributed by atoms with van der Waals surface area (Å²) >= 11 is 8.56. The fourth-order valence-corrected chi connectivity index (χ4v) is 2.18. The van der Waals surface area contributed by atoms with Gasteiger partial charge in [0, 0.05) is 10.2 Å². The molecule has 0 radical (unpaired) electrons. The highest BCUT2D eigenvalue weighted by molar-refractivity contribution is 9.10. The van der Waals surface area contributed by atoms with Gasteiger partial charge in [-0.1, -0.05) is 27.5 Å². The van der Waals surface area contributed by atoms with E-state index in [2.05, 4.69) is 31.2 Å². The van der Waals surface area contributed by atoms with E-state index in [1.807, 2.05) is 0 Å². The number of benzene rings is 1. The number of carbonyl (C=O) groups is 1. The van der Waals surface area contributed by atoms with Crippen molar-refractivity contribution in [3.05, 3.63) is 45.3 Å². The van der Waals surface area contributed by atoms with E-state index in [1.165, 1.54) is 12.1 Å². The van der Waals surface area contributed by atoms with Gasteiger partial charge in [-0.05, 0) is 18.2 Å². The molecule has 1 aromatic carbocycles. The number of rotatable bonds is 3. The van der Waals surface area contributed by atoms with E-state index in [0.29, 0.717) is 6.29 Å². The van der Waals surface area contributed by atoms with Crippen LogP contribution in [0.3, 0.4) is 0 Å². The summed E-state index contributed by atoms with van der Waals surface area (Å²) in [5, 5.41) is 2.53. The zero-order valence-corrected chi connectivity index (χ0v) is 12.4. The first-order chi connectivity index (χ1) is 9.82. The second-order valence-electron chi connectivity index (χ2n) is 3.86. The molecular formula is C12H6BrClF3N3O. The van der Waals surface area contributed by atoms with Crippen LogP contribution in [0.5, 0.6) is 0 Å². The van der Waals surface area contributed by atoms with Crippen molar-refractivity contribution in [2.45, 2.75) is 6.18 Å². The molecule has 0 saturated carbocycles. The van der Waals surface area contributed by atoms with E-state index < -0.39 is 11.7 Å². The highest BCUT2D eigenvalue weighted by atomic mass is 79.9. The molecular weight excluding hydrogens is 375 g/mol. The van der Waals surface area contributed by atoms with Crippen molar-refractivity contribution in [3.63, 3.8) is 0 Å². The second-order valence-corrected chi connectivity index (χ2v) is 5.07. The Bertz CT molecular complexity index is 694. The minimum atomic E-state index is -4.51. The van der Waals surface area contributed by atoms with E-state index >= 15 is 0 Å². The van der Waals surface area contributed by atoms with Gasteiger partial charge in [-0.25, -0.2) is 9.97 Å². The molecule has 0 saturated heterocycles. The number of nitrogens with one attached hydrogen (secondary N) is 1. The van der Waals surface area contributed by atoms with Gasteiger partial charge in [0.15, 0.2) is 6.29 Å². The Labute approximate surface area is 130 Å². The van der Waals surface area contributed by atoms with Crippen LogP contribution in [0.2, 0.25) is 5.15 Å². The van der Waals surface area contributed by atoms with Crippen LogP contribution in [0, 0.1) is 0 Å². The van der Waals surface area contributed by atoms with Crippen LogP contribution in [-0.2, 0) is 6.18 Å². The van der Waals surface area contributed by atoms with Crippen LogP contribution in [0.25, 0.3) is 0 Å². The molecule has 1 N–H and O–H groups in total. The predicted molar refractivity (Wildman–Crippen MR) is 74.9 cm³/mol. The van der Waals surface area contributed by atoms with Crippen LogP contribution in [-0.4, -0.2) is 16.3 Å². The Kier molecular flexibility index (Phi) is 4.48. The molecule has 1 aromatic heterocycles. The van der Waals surface area contributed by atoms with Crippen molar-refractivity contribution >= 4 is 45.3 Å². The molecule has 2 rings (SSSR count). The first-order valence-corrected chi connectivity index (χ1v) is 6.59. The molecule has 0 unspecified atom stereocenters. The molecule has 2 aromatic rings. The van der Waals surface area contributed by atoms with Gasteiger partial charge in [0.25, 0.3) is 0 Å². The van der Waals surface area contributed by atoms with Crippen molar-refractivity contribution in [1.82, 2.24) is 9.97 Å². The third kappa shape index (κ3) is 3.51. The molecule has 1 heterocycles. The lowest BCUT2D eigenvalue weighted by molar-refractivity contribution is -0.138. The van der Waals surface area contributed by atoms with Gasteiger partial charge in [0.05, 0.1) is 11.1 Å². The van der Waals surface area contributed by atoms with Crippen LogP contribution < -0.4 is 5.32 Å². The molecule has 0 fully saturated rings. The predicted octanol–water partition coefficient (Wildman–Crippen LogP) is 4.47. The SMILES string of the molecule is O=Cc1c(Cl)ncnc1Nc1ccc(Br)c(C(F)(F)F)c1. The molecule has 0 spiro atoms. The zero-order chi connectivity index (χ0) is 15.6. The Morgan fingerprint density at radius 1 is 1.29 bits per heavy atom. The molecule has 9 heteroatoms. The number of hydrogen-bond acceptors (Lipinski definition) is 4. The number of halogens is 5. The third-order valence-electron chi connectivity index (χ3n) is 2.49. The Balaban J connectivity index is 2.42. The quantitative estimate of drug-likeness (QED) is 0.631. The van der Waals surface area contributed by atoms with Gasteiger partial charge in [-0.2, -0.15) is 13.2 Å². The fourth-order valence-electron chi connectivity index (χ4n) is 1.54. The highest BCUT2D eigenvalue weighted by Gasteiger charge is 2.33. The van der Waals surface area contributed by atoms with E-state index in [1.54, 1.807) is 0 Å². The number of alkyl halides is 3. The summed E-state index contributed by atoms with van der Waals surface area (Å²) < 4.78 is 38.4. The summed E-state index contributed by atoms with van der Waals surface area (Å²) in [5.74, 6) is 0.0282. The third-order valence-corrected chi connectivity index (χ3v) is 3.48. The summed E-state index contributed by atoms with van der Waals surface area (Å²) in [5.41, 5.74) is -0.764.